The zero-order valence-electron chi connectivity index (χ0n) is 8.58. The van der Waals surface area contributed by atoms with E-state index in [1.807, 2.05) is 0 Å². The van der Waals surface area contributed by atoms with Crippen LogP contribution in [0.1, 0.15) is 13.8 Å². The molecular formula is C8H14FNO4S. The summed E-state index contributed by atoms with van der Waals surface area (Å²) in [4.78, 5) is 10.7. The van der Waals surface area contributed by atoms with Gasteiger partial charge in [-0.15, -0.1) is 0 Å². The van der Waals surface area contributed by atoms with Crippen LogP contribution in [0, 0.1) is 5.41 Å². The number of halogens is 1. The van der Waals surface area contributed by atoms with Crippen molar-refractivity contribution in [2.24, 2.45) is 5.41 Å². The molecule has 0 heterocycles. The average Bonchev–Trinajstić information content (AvgIpc) is 2.11. The molecule has 0 fully saturated rings. The van der Waals surface area contributed by atoms with E-state index in [0.717, 1.165) is 0 Å². The Kier molecular flexibility index (Phi) is 5.63. The van der Waals surface area contributed by atoms with Crippen LogP contribution >= 0.6 is 0 Å². The van der Waals surface area contributed by atoms with Crippen LogP contribution in [0.3, 0.4) is 0 Å². The number of hydrogen-bond donors (Lipinski definition) is 2. The van der Waals surface area contributed by atoms with Gasteiger partial charge in [-0.3, -0.25) is 4.55 Å². The molecule has 2 N–H and O–H groups in total. The summed E-state index contributed by atoms with van der Waals surface area (Å²) in [6.07, 6.45) is 0. The molecule has 0 bridgehead atoms. The van der Waals surface area contributed by atoms with Crippen LogP contribution in [-0.4, -0.2) is 27.9 Å². The van der Waals surface area contributed by atoms with Gasteiger partial charge in [-0.1, -0.05) is 20.4 Å². The minimum Gasteiger partial charge on any atom is -0.460 e. The summed E-state index contributed by atoms with van der Waals surface area (Å²) in [5.41, 5.74) is -0.566. The van der Waals surface area contributed by atoms with Gasteiger partial charge >= 0.3 is 5.97 Å². The summed E-state index contributed by atoms with van der Waals surface area (Å²) >= 11 is -2.12. The van der Waals surface area contributed by atoms with E-state index in [4.69, 9.17) is 4.55 Å². The quantitative estimate of drug-likeness (QED) is 0.408. The lowest BCUT2D eigenvalue weighted by Crippen LogP contribution is -2.34. The highest BCUT2D eigenvalue weighted by molar-refractivity contribution is 7.77. The van der Waals surface area contributed by atoms with Crippen molar-refractivity contribution in [3.8, 4) is 0 Å². The van der Waals surface area contributed by atoms with E-state index in [-0.39, 0.29) is 13.2 Å². The Morgan fingerprint density at radius 1 is 1.67 bits per heavy atom. The van der Waals surface area contributed by atoms with Gasteiger partial charge in [-0.25, -0.2) is 13.7 Å². The Balaban J connectivity index is 3.98. The van der Waals surface area contributed by atoms with Gasteiger partial charge in [0.25, 0.3) is 0 Å². The number of carbonyl (C=O) groups is 1. The number of hydrogen-bond acceptors (Lipinski definition) is 3. The highest BCUT2D eigenvalue weighted by Crippen LogP contribution is 2.14. The van der Waals surface area contributed by atoms with E-state index >= 15 is 0 Å². The van der Waals surface area contributed by atoms with Gasteiger partial charge in [0.05, 0.1) is 6.61 Å². The van der Waals surface area contributed by atoms with E-state index < -0.39 is 28.5 Å². The Bertz CT molecular complexity index is 280. The first-order valence-electron chi connectivity index (χ1n) is 4.10. The van der Waals surface area contributed by atoms with Crippen molar-refractivity contribution in [1.82, 2.24) is 4.72 Å². The van der Waals surface area contributed by atoms with Gasteiger partial charge in [0.15, 0.2) is 0 Å². The van der Waals surface area contributed by atoms with Crippen LogP contribution in [0.25, 0.3) is 0 Å². The maximum absolute atomic E-state index is 12.2. The maximum atomic E-state index is 12.2. The fraction of sp³-hybridized carbons (Fsp3) is 0.625. The van der Waals surface area contributed by atoms with Crippen LogP contribution in [0.2, 0.25) is 0 Å². The highest BCUT2D eigenvalue weighted by Gasteiger charge is 2.21. The molecule has 0 aliphatic heterocycles. The predicted octanol–water partition coefficient (Wildman–Crippen LogP) is 0.765. The van der Waals surface area contributed by atoms with Gasteiger partial charge in [-0.05, 0) is 0 Å². The molecule has 5 nitrogen and oxygen atoms in total. The van der Waals surface area contributed by atoms with E-state index in [1.54, 1.807) is 13.8 Å². The summed E-state index contributed by atoms with van der Waals surface area (Å²) in [7, 11) is 0. The molecule has 88 valence electrons. The molecule has 0 rings (SSSR count). The monoisotopic (exact) mass is 239 g/mol. The predicted molar refractivity (Wildman–Crippen MR) is 53.8 cm³/mol. The van der Waals surface area contributed by atoms with Crippen molar-refractivity contribution in [2.45, 2.75) is 13.8 Å². The molecule has 0 aromatic carbocycles. The number of rotatable bonds is 6. The molecule has 1 unspecified atom stereocenters. The largest absolute Gasteiger partial charge is 0.460 e. The van der Waals surface area contributed by atoms with Crippen LogP contribution in [0.4, 0.5) is 4.39 Å². The number of ether oxygens (including phenoxy) is 1. The molecule has 0 aliphatic rings. The SMILES string of the molecule is C=C(F)C(=O)OCC(C)(C)CNS(=O)O. The second-order valence-electron chi connectivity index (χ2n) is 3.72. The molecule has 15 heavy (non-hydrogen) atoms. The molecule has 1 atom stereocenters. The summed E-state index contributed by atoms with van der Waals surface area (Å²) in [5.74, 6) is -2.28. The van der Waals surface area contributed by atoms with Crippen molar-refractivity contribution in [3.63, 3.8) is 0 Å². The fourth-order valence-electron chi connectivity index (χ4n) is 0.647. The van der Waals surface area contributed by atoms with Gasteiger partial charge in [0, 0.05) is 12.0 Å². The average molecular weight is 239 g/mol. The van der Waals surface area contributed by atoms with Crippen LogP contribution < -0.4 is 4.72 Å². The number of carbonyl (C=O) groups excluding carboxylic acids is 1. The Hall–Kier alpha value is -0.790. The minimum absolute atomic E-state index is 0.0705. The molecule has 0 aromatic heterocycles. The second-order valence-corrected chi connectivity index (χ2v) is 4.50. The normalized spacial score (nSPS) is 13.3. The molecule has 0 saturated heterocycles. The first kappa shape index (κ1) is 14.2. The lowest BCUT2D eigenvalue weighted by atomic mass is 9.95. The van der Waals surface area contributed by atoms with Crippen molar-refractivity contribution < 1.29 is 22.7 Å². The fourth-order valence-corrected chi connectivity index (χ4v) is 1.16. The highest BCUT2D eigenvalue weighted by atomic mass is 32.2. The van der Waals surface area contributed by atoms with E-state index in [9.17, 15) is 13.4 Å². The molecule has 0 aliphatic carbocycles. The summed E-state index contributed by atoms with van der Waals surface area (Å²) in [6.45, 7) is 6.26. The van der Waals surface area contributed by atoms with Crippen LogP contribution in [0.5, 0.6) is 0 Å². The first-order valence-corrected chi connectivity index (χ1v) is 5.21. The van der Waals surface area contributed by atoms with Crippen molar-refractivity contribution in [1.29, 1.82) is 0 Å². The van der Waals surface area contributed by atoms with E-state index in [2.05, 4.69) is 16.0 Å². The second kappa shape index (κ2) is 5.94. The van der Waals surface area contributed by atoms with Crippen LogP contribution in [0.15, 0.2) is 12.4 Å². The van der Waals surface area contributed by atoms with E-state index in [1.165, 1.54) is 0 Å². The third-order valence-electron chi connectivity index (χ3n) is 1.49. The van der Waals surface area contributed by atoms with E-state index in [0.29, 0.717) is 0 Å². The third-order valence-corrected chi connectivity index (χ3v) is 1.88. The minimum atomic E-state index is -2.12. The Morgan fingerprint density at radius 3 is 2.60 bits per heavy atom. The first-order chi connectivity index (χ1) is 6.74. The van der Waals surface area contributed by atoms with Gasteiger partial charge in [0.2, 0.25) is 17.1 Å². The zero-order chi connectivity index (χ0) is 12.1. The Labute approximate surface area is 90.1 Å². The lowest BCUT2D eigenvalue weighted by Gasteiger charge is -2.23. The topological polar surface area (TPSA) is 75.6 Å². The van der Waals surface area contributed by atoms with Crippen LogP contribution in [-0.2, 0) is 20.8 Å². The van der Waals surface area contributed by atoms with Gasteiger partial charge in [0.1, 0.15) is 0 Å². The third kappa shape index (κ3) is 7.18. The summed E-state index contributed by atoms with van der Waals surface area (Å²) in [5, 5.41) is 0. The zero-order valence-corrected chi connectivity index (χ0v) is 9.40. The lowest BCUT2D eigenvalue weighted by molar-refractivity contribution is -0.143. The van der Waals surface area contributed by atoms with Crippen molar-refractivity contribution >= 4 is 17.2 Å². The summed E-state index contributed by atoms with van der Waals surface area (Å²) in [6, 6.07) is 0. The molecular weight excluding hydrogens is 225 g/mol. The molecule has 0 aromatic rings. The Morgan fingerprint density at radius 2 is 2.20 bits per heavy atom. The van der Waals surface area contributed by atoms with Crippen molar-refractivity contribution in [2.75, 3.05) is 13.2 Å². The van der Waals surface area contributed by atoms with Crippen molar-refractivity contribution in [3.05, 3.63) is 12.4 Å². The maximum Gasteiger partial charge on any atom is 0.366 e. The molecule has 0 saturated carbocycles. The molecule has 7 heteroatoms. The number of esters is 1. The standard InChI is InChI=1S/C8H14FNO4S/c1-6(9)7(11)14-5-8(2,3)4-10-15(12)13/h10H,1,4-5H2,2-3H3,(H,12,13). The molecule has 0 amide bonds. The number of nitrogens with one attached hydrogen (secondary N) is 1. The van der Waals surface area contributed by atoms with Gasteiger partial charge in [-0.2, -0.15) is 4.39 Å². The molecule has 0 radical (unpaired) electrons. The molecule has 0 spiro atoms. The smallest absolute Gasteiger partial charge is 0.366 e. The summed E-state index contributed by atoms with van der Waals surface area (Å²) < 4.78 is 37.8. The van der Waals surface area contributed by atoms with Gasteiger partial charge < -0.3 is 4.74 Å².